The van der Waals surface area contributed by atoms with Crippen LogP contribution in [0.3, 0.4) is 0 Å². The van der Waals surface area contributed by atoms with E-state index in [4.69, 9.17) is 0 Å². The number of fused-ring (bicyclic) bond motifs is 1. The van der Waals surface area contributed by atoms with E-state index in [0.717, 1.165) is 24.1 Å². The van der Waals surface area contributed by atoms with Gasteiger partial charge in [-0.25, -0.2) is 9.37 Å². The summed E-state index contributed by atoms with van der Waals surface area (Å²) in [6.07, 6.45) is 5.12. The molecule has 3 aromatic heterocycles. The Morgan fingerprint density at radius 3 is 2.66 bits per heavy atom. The number of hydrogen-bond acceptors (Lipinski definition) is 6. The fourth-order valence-corrected chi connectivity index (χ4v) is 3.66. The third-order valence-electron chi connectivity index (χ3n) is 5.27. The standard InChI is InChI=1S/C26H22FN7O/c1-2-6-20-15-23(34-26(31-20)32-24(33-34)18-8-5-12-28-16-18)29-21-10-3-7-17(13-21)25(35)30-22-11-4-9-19(27)14-22/h3-5,7-16,29H,2,6H2,1H3,(H,30,35). The zero-order valence-electron chi connectivity index (χ0n) is 18.9. The lowest BCUT2D eigenvalue weighted by atomic mass is 10.1. The summed E-state index contributed by atoms with van der Waals surface area (Å²) in [5, 5.41) is 10.7. The van der Waals surface area contributed by atoms with Gasteiger partial charge in [-0.1, -0.05) is 25.5 Å². The topological polar surface area (TPSA) is 97.1 Å². The fraction of sp³-hybridized carbons (Fsp3) is 0.115. The second-order valence-corrected chi connectivity index (χ2v) is 7.94. The molecule has 0 spiro atoms. The number of pyridine rings is 1. The summed E-state index contributed by atoms with van der Waals surface area (Å²) in [5.41, 5.74) is 3.17. The summed E-state index contributed by atoms with van der Waals surface area (Å²) in [6.45, 7) is 2.09. The first-order valence-electron chi connectivity index (χ1n) is 11.2. The highest BCUT2D eigenvalue weighted by Gasteiger charge is 2.14. The molecular formula is C26H22FN7O. The zero-order valence-corrected chi connectivity index (χ0v) is 18.9. The minimum atomic E-state index is -0.415. The molecule has 2 N–H and O–H groups in total. The number of amides is 1. The molecule has 0 saturated heterocycles. The molecule has 174 valence electrons. The van der Waals surface area contributed by atoms with Crippen molar-refractivity contribution < 1.29 is 9.18 Å². The Bertz CT molecular complexity index is 1500. The molecule has 0 aliphatic rings. The Balaban J connectivity index is 1.46. The predicted molar refractivity (Wildman–Crippen MR) is 132 cm³/mol. The predicted octanol–water partition coefficient (Wildman–Crippen LogP) is 5.27. The second kappa shape index (κ2) is 9.68. The lowest BCUT2D eigenvalue weighted by Crippen LogP contribution is -2.12. The van der Waals surface area contributed by atoms with Crippen LogP contribution in [0.15, 0.2) is 79.1 Å². The third-order valence-corrected chi connectivity index (χ3v) is 5.27. The van der Waals surface area contributed by atoms with Crippen molar-refractivity contribution >= 4 is 28.9 Å². The monoisotopic (exact) mass is 467 g/mol. The van der Waals surface area contributed by atoms with Gasteiger partial charge in [-0.3, -0.25) is 9.78 Å². The van der Waals surface area contributed by atoms with Gasteiger partial charge < -0.3 is 10.6 Å². The maximum absolute atomic E-state index is 13.5. The summed E-state index contributed by atoms with van der Waals surface area (Å²) in [5.74, 6) is 0.901. The molecule has 1 amide bonds. The van der Waals surface area contributed by atoms with Gasteiger partial charge >= 0.3 is 0 Å². The molecule has 0 atom stereocenters. The molecule has 0 unspecified atom stereocenters. The first-order chi connectivity index (χ1) is 17.1. The van der Waals surface area contributed by atoms with E-state index in [1.54, 1.807) is 47.2 Å². The number of nitrogens with one attached hydrogen (secondary N) is 2. The van der Waals surface area contributed by atoms with Crippen LogP contribution in [-0.2, 0) is 6.42 Å². The number of halogens is 1. The Morgan fingerprint density at radius 1 is 1.00 bits per heavy atom. The van der Waals surface area contributed by atoms with Crippen molar-refractivity contribution in [1.82, 2.24) is 24.6 Å². The Labute approximate surface area is 200 Å². The minimum absolute atomic E-state index is 0.342. The molecule has 35 heavy (non-hydrogen) atoms. The number of carbonyl (C=O) groups excluding carboxylic acids is 1. The van der Waals surface area contributed by atoms with Crippen LogP contribution < -0.4 is 10.6 Å². The Morgan fingerprint density at radius 2 is 1.86 bits per heavy atom. The average Bonchev–Trinajstić information content (AvgIpc) is 3.30. The van der Waals surface area contributed by atoms with E-state index in [1.165, 1.54) is 12.1 Å². The summed E-state index contributed by atoms with van der Waals surface area (Å²) >= 11 is 0. The summed E-state index contributed by atoms with van der Waals surface area (Å²) < 4.78 is 15.1. The van der Waals surface area contributed by atoms with Gasteiger partial charge in [-0.05, 0) is 55.0 Å². The quantitative estimate of drug-likeness (QED) is 0.338. The molecule has 3 heterocycles. The molecule has 0 radical (unpaired) electrons. The number of aryl methyl sites for hydroxylation is 1. The largest absolute Gasteiger partial charge is 0.340 e. The molecule has 0 saturated carbocycles. The van der Waals surface area contributed by atoms with Crippen LogP contribution >= 0.6 is 0 Å². The summed E-state index contributed by atoms with van der Waals surface area (Å²) in [4.78, 5) is 26.1. The van der Waals surface area contributed by atoms with Crippen molar-refractivity contribution in [3.8, 4) is 11.4 Å². The number of rotatable bonds is 7. The number of carbonyl (C=O) groups is 1. The Kier molecular flexibility index (Phi) is 6.13. The van der Waals surface area contributed by atoms with E-state index in [0.29, 0.717) is 34.4 Å². The van der Waals surface area contributed by atoms with Crippen LogP contribution in [0, 0.1) is 5.82 Å². The van der Waals surface area contributed by atoms with E-state index >= 15 is 0 Å². The van der Waals surface area contributed by atoms with Crippen molar-refractivity contribution in [3.05, 3.63) is 96.2 Å². The highest BCUT2D eigenvalue weighted by Crippen LogP contribution is 2.23. The normalized spacial score (nSPS) is 10.9. The SMILES string of the molecule is CCCc1cc(Nc2cccc(C(=O)Nc3cccc(F)c3)c2)n2nc(-c3cccnc3)nc2n1. The van der Waals surface area contributed by atoms with Crippen molar-refractivity contribution in [2.75, 3.05) is 10.6 Å². The van der Waals surface area contributed by atoms with Gasteiger partial charge in [0.1, 0.15) is 11.6 Å². The average molecular weight is 468 g/mol. The van der Waals surface area contributed by atoms with E-state index in [-0.39, 0.29) is 5.91 Å². The maximum atomic E-state index is 13.5. The summed E-state index contributed by atoms with van der Waals surface area (Å²) in [7, 11) is 0. The zero-order chi connectivity index (χ0) is 24.2. The van der Waals surface area contributed by atoms with Crippen molar-refractivity contribution in [2.45, 2.75) is 19.8 Å². The van der Waals surface area contributed by atoms with Gasteiger partial charge in [-0.15, -0.1) is 5.10 Å². The number of hydrogen-bond donors (Lipinski definition) is 2. The van der Waals surface area contributed by atoms with Crippen LogP contribution in [0.25, 0.3) is 17.2 Å². The molecule has 9 heteroatoms. The third kappa shape index (κ3) is 4.98. The summed E-state index contributed by atoms with van der Waals surface area (Å²) in [6, 6.07) is 18.5. The Hall–Kier alpha value is -4.66. The van der Waals surface area contributed by atoms with Crippen LogP contribution in [0.5, 0.6) is 0 Å². The number of anilines is 3. The number of aromatic nitrogens is 5. The van der Waals surface area contributed by atoms with E-state index < -0.39 is 5.82 Å². The molecule has 8 nitrogen and oxygen atoms in total. The lowest BCUT2D eigenvalue weighted by Gasteiger charge is -2.11. The van der Waals surface area contributed by atoms with Gasteiger partial charge in [0.25, 0.3) is 11.7 Å². The first kappa shape index (κ1) is 22.1. The van der Waals surface area contributed by atoms with Crippen LogP contribution in [0.1, 0.15) is 29.4 Å². The molecule has 0 aliphatic carbocycles. The van der Waals surface area contributed by atoms with Gasteiger partial charge in [-0.2, -0.15) is 9.50 Å². The second-order valence-electron chi connectivity index (χ2n) is 7.94. The first-order valence-corrected chi connectivity index (χ1v) is 11.2. The van der Waals surface area contributed by atoms with E-state index in [2.05, 4.69) is 37.6 Å². The van der Waals surface area contributed by atoms with Crippen molar-refractivity contribution in [3.63, 3.8) is 0 Å². The van der Waals surface area contributed by atoms with Gasteiger partial charge in [0.2, 0.25) is 0 Å². The lowest BCUT2D eigenvalue weighted by molar-refractivity contribution is 0.102. The number of benzene rings is 2. The van der Waals surface area contributed by atoms with Gasteiger partial charge in [0.15, 0.2) is 5.82 Å². The molecule has 5 aromatic rings. The molecule has 0 fully saturated rings. The fourth-order valence-electron chi connectivity index (χ4n) is 3.66. The molecule has 0 aliphatic heterocycles. The van der Waals surface area contributed by atoms with E-state index in [9.17, 15) is 9.18 Å². The highest BCUT2D eigenvalue weighted by atomic mass is 19.1. The van der Waals surface area contributed by atoms with Crippen LogP contribution in [-0.4, -0.2) is 30.5 Å². The van der Waals surface area contributed by atoms with E-state index in [1.807, 2.05) is 24.3 Å². The maximum Gasteiger partial charge on any atom is 0.255 e. The van der Waals surface area contributed by atoms with Crippen LogP contribution in [0.2, 0.25) is 0 Å². The van der Waals surface area contributed by atoms with Gasteiger partial charge in [0.05, 0.1) is 0 Å². The van der Waals surface area contributed by atoms with Crippen molar-refractivity contribution in [1.29, 1.82) is 0 Å². The molecule has 0 bridgehead atoms. The van der Waals surface area contributed by atoms with Gasteiger partial charge in [0, 0.05) is 46.7 Å². The molecular weight excluding hydrogens is 445 g/mol. The highest BCUT2D eigenvalue weighted by molar-refractivity contribution is 6.04. The molecule has 5 rings (SSSR count). The smallest absolute Gasteiger partial charge is 0.255 e. The number of nitrogens with zero attached hydrogens (tertiary/aromatic N) is 5. The van der Waals surface area contributed by atoms with Crippen molar-refractivity contribution in [2.24, 2.45) is 0 Å². The van der Waals surface area contributed by atoms with Crippen LogP contribution in [0.4, 0.5) is 21.6 Å². The molecule has 2 aromatic carbocycles. The minimum Gasteiger partial charge on any atom is -0.340 e.